The summed E-state index contributed by atoms with van der Waals surface area (Å²) in [4.78, 5) is 42.1. The van der Waals surface area contributed by atoms with Crippen LogP contribution >= 0.6 is 11.6 Å². The number of fused-ring (bicyclic) bond motifs is 1. The van der Waals surface area contributed by atoms with Gasteiger partial charge in [0.05, 0.1) is 23.3 Å². The number of carbonyl (C=O) groups is 3. The lowest BCUT2D eigenvalue weighted by Gasteiger charge is -2.12. The molecule has 3 N–H and O–H groups in total. The van der Waals surface area contributed by atoms with Crippen LogP contribution in [-0.4, -0.2) is 29.3 Å². The molecule has 0 fully saturated rings. The number of amides is 3. The average Bonchev–Trinajstić information content (AvgIpc) is 2.86. The summed E-state index contributed by atoms with van der Waals surface area (Å²) in [5.74, 6) is -1.44. The highest BCUT2D eigenvalue weighted by atomic mass is 35.5. The molecule has 0 unspecified atom stereocenters. The first kappa shape index (κ1) is 22.9. The second kappa shape index (κ2) is 10.1. The van der Waals surface area contributed by atoms with Crippen LogP contribution in [0.4, 0.5) is 0 Å². The highest BCUT2D eigenvalue weighted by molar-refractivity contribution is 6.30. The van der Waals surface area contributed by atoms with E-state index in [4.69, 9.17) is 11.6 Å². The van der Waals surface area contributed by atoms with Crippen LogP contribution in [0.3, 0.4) is 0 Å². The largest absolute Gasteiger partial charge is 0.343 e. The van der Waals surface area contributed by atoms with Crippen molar-refractivity contribution in [2.45, 2.75) is 6.92 Å². The van der Waals surface area contributed by atoms with Gasteiger partial charge >= 0.3 is 0 Å². The molecule has 0 saturated carbocycles. The van der Waals surface area contributed by atoms with Crippen LogP contribution in [0.15, 0.2) is 78.9 Å². The molecule has 4 rings (SSSR count). The van der Waals surface area contributed by atoms with E-state index in [1.54, 1.807) is 36.4 Å². The molecule has 4 aromatic rings. The molecule has 0 spiro atoms. The van der Waals surface area contributed by atoms with Crippen LogP contribution in [0.25, 0.3) is 22.2 Å². The summed E-state index contributed by atoms with van der Waals surface area (Å²) in [6, 6.07) is 23.1. The van der Waals surface area contributed by atoms with Gasteiger partial charge < -0.3 is 5.32 Å². The van der Waals surface area contributed by atoms with Crippen LogP contribution in [0.1, 0.15) is 26.3 Å². The van der Waals surface area contributed by atoms with Crippen molar-refractivity contribution >= 4 is 40.2 Å². The van der Waals surface area contributed by atoms with E-state index in [0.29, 0.717) is 32.7 Å². The summed E-state index contributed by atoms with van der Waals surface area (Å²) in [7, 11) is 0. The number of pyridine rings is 1. The topological polar surface area (TPSA) is 100 Å². The number of nitrogens with zero attached hydrogens (tertiary/aromatic N) is 1. The van der Waals surface area contributed by atoms with Crippen LogP contribution in [0, 0.1) is 6.92 Å². The molecule has 0 aliphatic heterocycles. The van der Waals surface area contributed by atoms with Crippen LogP contribution in [0.2, 0.25) is 5.02 Å². The third kappa shape index (κ3) is 5.22. The first-order chi connectivity index (χ1) is 16.4. The van der Waals surface area contributed by atoms with Crippen molar-refractivity contribution in [3.8, 4) is 11.3 Å². The van der Waals surface area contributed by atoms with Crippen molar-refractivity contribution < 1.29 is 14.4 Å². The van der Waals surface area contributed by atoms with Crippen molar-refractivity contribution in [1.29, 1.82) is 0 Å². The van der Waals surface area contributed by atoms with Gasteiger partial charge in [0.1, 0.15) is 0 Å². The quantitative estimate of drug-likeness (QED) is 0.381. The number of hydrazine groups is 1. The summed E-state index contributed by atoms with van der Waals surface area (Å²) in [6.07, 6.45) is 0. The van der Waals surface area contributed by atoms with E-state index < -0.39 is 11.8 Å². The third-order valence-electron chi connectivity index (χ3n) is 5.22. The fourth-order valence-corrected chi connectivity index (χ4v) is 3.58. The zero-order valence-electron chi connectivity index (χ0n) is 18.3. The molecule has 1 heterocycles. The monoisotopic (exact) mass is 472 g/mol. The predicted octanol–water partition coefficient (Wildman–Crippen LogP) is 4.05. The van der Waals surface area contributed by atoms with E-state index in [1.165, 1.54) is 0 Å². The lowest BCUT2D eigenvalue weighted by atomic mass is 10.0. The van der Waals surface area contributed by atoms with Crippen LogP contribution in [0.5, 0.6) is 0 Å². The van der Waals surface area contributed by atoms with Crippen molar-refractivity contribution in [2.24, 2.45) is 0 Å². The maximum Gasteiger partial charge on any atom is 0.270 e. The molecule has 3 aromatic carbocycles. The normalized spacial score (nSPS) is 10.5. The van der Waals surface area contributed by atoms with Crippen molar-refractivity contribution in [1.82, 2.24) is 21.2 Å². The van der Waals surface area contributed by atoms with E-state index in [2.05, 4.69) is 21.2 Å². The second-order valence-corrected chi connectivity index (χ2v) is 8.02. The standard InChI is InChI=1S/C26H21ClN4O3/c1-16-6-2-3-7-19(16)25(33)28-15-24(32)30-31-26(34)21-14-23(17-10-12-18(27)13-11-17)29-22-9-5-4-8-20(21)22/h2-14H,15H2,1H3,(H,28,33)(H,30,32)(H,31,34). The van der Waals surface area contributed by atoms with Gasteiger partial charge in [0.2, 0.25) is 0 Å². The van der Waals surface area contributed by atoms with Gasteiger partial charge in [0.15, 0.2) is 0 Å². The fourth-order valence-electron chi connectivity index (χ4n) is 3.45. The third-order valence-corrected chi connectivity index (χ3v) is 5.47. The Bertz CT molecular complexity index is 1390. The van der Waals surface area contributed by atoms with Crippen molar-refractivity contribution in [3.05, 3.63) is 101 Å². The Kier molecular flexibility index (Phi) is 6.85. The molecular formula is C26H21ClN4O3. The highest BCUT2D eigenvalue weighted by Crippen LogP contribution is 2.25. The van der Waals surface area contributed by atoms with Crippen molar-refractivity contribution in [2.75, 3.05) is 6.54 Å². The number of aromatic nitrogens is 1. The lowest BCUT2D eigenvalue weighted by molar-refractivity contribution is -0.120. The zero-order chi connectivity index (χ0) is 24.1. The minimum absolute atomic E-state index is 0.291. The minimum Gasteiger partial charge on any atom is -0.343 e. The molecular weight excluding hydrogens is 452 g/mol. The number of hydrogen-bond acceptors (Lipinski definition) is 4. The maximum absolute atomic E-state index is 12.9. The Morgan fingerprint density at radius 1 is 0.824 bits per heavy atom. The Morgan fingerprint density at radius 3 is 2.29 bits per heavy atom. The number of benzene rings is 3. The Labute approximate surface area is 201 Å². The van der Waals surface area contributed by atoms with E-state index >= 15 is 0 Å². The molecule has 0 atom stereocenters. The number of aryl methyl sites for hydroxylation is 1. The molecule has 8 heteroatoms. The SMILES string of the molecule is Cc1ccccc1C(=O)NCC(=O)NNC(=O)c1cc(-c2ccc(Cl)cc2)nc2ccccc12. The van der Waals surface area contributed by atoms with Gasteiger partial charge in [0, 0.05) is 21.5 Å². The van der Waals surface area contributed by atoms with Crippen LogP contribution < -0.4 is 16.2 Å². The molecule has 1 aromatic heterocycles. The smallest absolute Gasteiger partial charge is 0.270 e. The highest BCUT2D eigenvalue weighted by Gasteiger charge is 2.15. The molecule has 7 nitrogen and oxygen atoms in total. The Balaban J connectivity index is 1.46. The van der Waals surface area contributed by atoms with Gasteiger partial charge in [-0.25, -0.2) is 4.98 Å². The summed E-state index contributed by atoms with van der Waals surface area (Å²) < 4.78 is 0. The lowest BCUT2D eigenvalue weighted by Crippen LogP contribution is -2.46. The van der Waals surface area contributed by atoms with Gasteiger partial charge in [-0.3, -0.25) is 25.2 Å². The zero-order valence-corrected chi connectivity index (χ0v) is 19.0. The van der Waals surface area contributed by atoms with Gasteiger partial charge in [0.25, 0.3) is 17.7 Å². The van der Waals surface area contributed by atoms with Gasteiger partial charge in [-0.2, -0.15) is 0 Å². The predicted molar refractivity (Wildman–Crippen MR) is 131 cm³/mol. The van der Waals surface area contributed by atoms with Crippen LogP contribution in [-0.2, 0) is 4.79 Å². The number of nitrogens with one attached hydrogen (secondary N) is 3. The van der Waals surface area contributed by atoms with E-state index in [1.807, 2.05) is 49.4 Å². The molecule has 0 radical (unpaired) electrons. The maximum atomic E-state index is 12.9. The van der Waals surface area contributed by atoms with E-state index in [-0.39, 0.29) is 12.5 Å². The summed E-state index contributed by atoms with van der Waals surface area (Å²) in [5, 5.41) is 3.78. The molecule has 0 bridgehead atoms. The van der Waals surface area contributed by atoms with E-state index in [9.17, 15) is 14.4 Å². The number of halogens is 1. The first-order valence-corrected chi connectivity index (χ1v) is 10.9. The van der Waals surface area contributed by atoms with Gasteiger partial charge in [-0.15, -0.1) is 0 Å². The van der Waals surface area contributed by atoms with Crippen molar-refractivity contribution in [3.63, 3.8) is 0 Å². The Morgan fingerprint density at radius 2 is 1.53 bits per heavy atom. The molecule has 34 heavy (non-hydrogen) atoms. The van der Waals surface area contributed by atoms with Gasteiger partial charge in [-0.1, -0.05) is 60.1 Å². The first-order valence-electron chi connectivity index (χ1n) is 10.5. The molecule has 0 aliphatic rings. The molecule has 3 amide bonds. The van der Waals surface area contributed by atoms with Gasteiger partial charge in [-0.05, 0) is 42.8 Å². The average molecular weight is 473 g/mol. The number of hydrogen-bond donors (Lipinski definition) is 3. The summed E-state index contributed by atoms with van der Waals surface area (Å²) in [6.45, 7) is 1.52. The molecule has 0 aliphatic carbocycles. The Hall–Kier alpha value is -4.23. The second-order valence-electron chi connectivity index (χ2n) is 7.58. The number of rotatable bonds is 5. The minimum atomic E-state index is -0.563. The number of para-hydroxylation sites is 1. The van der Waals surface area contributed by atoms with E-state index in [0.717, 1.165) is 11.1 Å². The number of carbonyl (C=O) groups excluding carboxylic acids is 3. The summed E-state index contributed by atoms with van der Waals surface area (Å²) in [5.41, 5.74) is 8.42. The molecule has 170 valence electrons. The summed E-state index contributed by atoms with van der Waals surface area (Å²) >= 11 is 5.98. The molecule has 0 saturated heterocycles. The fraction of sp³-hybridized carbons (Fsp3) is 0.0769.